The standard InChI is InChI=1S/C17H23N5O/c1-4-22-15(8-9-18-22)14-11-12(2)19-17(20-14)16-7-5-6-10-21(16)13(3)23/h8-9,11,16H,4-7,10H2,1-3H3/t16-/m1/s1. The number of hydrogen-bond acceptors (Lipinski definition) is 4. The molecule has 0 spiro atoms. The van der Waals surface area contributed by atoms with Gasteiger partial charge in [-0.3, -0.25) is 9.48 Å². The van der Waals surface area contributed by atoms with Gasteiger partial charge in [-0.15, -0.1) is 0 Å². The zero-order valence-corrected chi connectivity index (χ0v) is 14.0. The fourth-order valence-corrected chi connectivity index (χ4v) is 3.25. The minimum atomic E-state index is -0.0158. The maximum absolute atomic E-state index is 11.9. The molecular weight excluding hydrogens is 290 g/mol. The van der Waals surface area contributed by atoms with Gasteiger partial charge < -0.3 is 4.90 Å². The molecular formula is C17H23N5O. The van der Waals surface area contributed by atoms with Gasteiger partial charge in [-0.25, -0.2) is 9.97 Å². The Balaban J connectivity index is 2.02. The summed E-state index contributed by atoms with van der Waals surface area (Å²) >= 11 is 0. The van der Waals surface area contributed by atoms with E-state index in [1.165, 1.54) is 0 Å². The maximum atomic E-state index is 11.9. The zero-order chi connectivity index (χ0) is 16.4. The number of likely N-dealkylation sites (tertiary alicyclic amines) is 1. The van der Waals surface area contributed by atoms with Crippen LogP contribution in [-0.2, 0) is 11.3 Å². The molecule has 0 N–H and O–H groups in total. The Morgan fingerprint density at radius 2 is 2.17 bits per heavy atom. The van der Waals surface area contributed by atoms with Crippen molar-refractivity contribution in [3.63, 3.8) is 0 Å². The average Bonchev–Trinajstić information content (AvgIpc) is 3.03. The number of carbonyl (C=O) groups is 1. The molecule has 1 amide bonds. The van der Waals surface area contributed by atoms with Crippen LogP contribution in [-0.4, -0.2) is 37.1 Å². The van der Waals surface area contributed by atoms with Crippen LogP contribution in [0, 0.1) is 6.92 Å². The van der Waals surface area contributed by atoms with Gasteiger partial charge >= 0.3 is 0 Å². The van der Waals surface area contributed by atoms with Crippen molar-refractivity contribution in [3.05, 3.63) is 29.8 Å². The number of hydrogen-bond donors (Lipinski definition) is 0. The second-order valence-electron chi connectivity index (χ2n) is 6.01. The molecule has 0 unspecified atom stereocenters. The zero-order valence-electron chi connectivity index (χ0n) is 14.0. The highest BCUT2D eigenvalue weighted by Gasteiger charge is 2.28. The highest BCUT2D eigenvalue weighted by molar-refractivity contribution is 5.73. The molecule has 1 saturated heterocycles. The Morgan fingerprint density at radius 3 is 2.91 bits per heavy atom. The number of amides is 1. The fourth-order valence-electron chi connectivity index (χ4n) is 3.25. The molecule has 1 atom stereocenters. The monoisotopic (exact) mass is 313 g/mol. The largest absolute Gasteiger partial charge is 0.333 e. The summed E-state index contributed by atoms with van der Waals surface area (Å²) in [6, 6.07) is 3.93. The van der Waals surface area contributed by atoms with Gasteiger partial charge in [0.15, 0.2) is 5.82 Å². The van der Waals surface area contributed by atoms with Crippen LogP contribution in [0.2, 0.25) is 0 Å². The maximum Gasteiger partial charge on any atom is 0.220 e. The van der Waals surface area contributed by atoms with Crippen LogP contribution in [0.1, 0.15) is 50.7 Å². The molecule has 6 heteroatoms. The molecule has 1 aliphatic rings. The molecule has 1 fully saturated rings. The van der Waals surface area contributed by atoms with Crippen molar-refractivity contribution in [2.24, 2.45) is 0 Å². The number of carbonyl (C=O) groups excluding carboxylic acids is 1. The van der Waals surface area contributed by atoms with Crippen molar-refractivity contribution in [1.29, 1.82) is 0 Å². The lowest BCUT2D eigenvalue weighted by Crippen LogP contribution is -2.37. The average molecular weight is 313 g/mol. The predicted molar refractivity (Wildman–Crippen MR) is 87.6 cm³/mol. The van der Waals surface area contributed by atoms with Crippen molar-refractivity contribution >= 4 is 5.91 Å². The molecule has 1 aliphatic heterocycles. The Hall–Kier alpha value is -2.24. The van der Waals surface area contributed by atoms with Crippen molar-refractivity contribution in [1.82, 2.24) is 24.6 Å². The van der Waals surface area contributed by atoms with Crippen LogP contribution in [0.15, 0.2) is 18.3 Å². The molecule has 0 aromatic carbocycles. The Bertz CT molecular complexity index is 709. The van der Waals surface area contributed by atoms with Crippen molar-refractivity contribution < 1.29 is 4.79 Å². The number of piperidine rings is 1. The summed E-state index contributed by atoms with van der Waals surface area (Å²) in [4.78, 5) is 23.2. The van der Waals surface area contributed by atoms with Gasteiger partial charge in [-0.1, -0.05) is 0 Å². The van der Waals surface area contributed by atoms with E-state index in [-0.39, 0.29) is 11.9 Å². The summed E-state index contributed by atoms with van der Waals surface area (Å²) in [5, 5.41) is 4.32. The van der Waals surface area contributed by atoms with Crippen molar-refractivity contribution in [3.8, 4) is 11.4 Å². The van der Waals surface area contributed by atoms with Crippen molar-refractivity contribution in [2.45, 2.75) is 52.6 Å². The van der Waals surface area contributed by atoms with E-state index >= 15 is 0 Å². The first kappa shape index (κ1) is 15.6. The van der Waals surface area contributed by atoms with E-state index in [9.17, 15) is 4.79 Å². The smallest absolute Gasteiger partial charge is 0.220 e. The van der Waals surface area contributed by atoms with Crippen LogP contribution in [0.25, 0.3) is 11.4 Å². The normalized spacial score (nSPS) is 18.2. The third kappa shape index (κ3) is 3.11. The summed E-state index contributed by atoms with van der Waals surface area (Å²) < 4.78 is 1.93. The fraction of sp³-hybridized carbons (Fsp3) is 0.529. The number of aryl methyl sites for hydroxylation is 2. The van der Waals surface area contributed by atoms with Crippen LogP contribution in [0.4, 0.5) is 0 Å². The van der Waals surface area contributed by atoms with E-state index in [1.807, 2.05) is 28.6 Å². The summed E-state index contributed by atoms with van der Waals surface area (Å²) in [5.41, 5.74) is 2.79. The Labute approximate surface area is 136 Å². The number of nitrogens with zero attached hydrogens (tertiary/aromatic N) is 5. The first-order valence-corrected chi connectivity index (χ1v) is 8.25. The molecule has 2 aromatic heterocycles. The van der Waals surface area contributed by atoms with Gasteiger partial charge in [0.05, 0.1) is 17.4 Å². The Kier molecular flexibility index (Phi) is 4.41. The third-order valence-corrected chi connectivity index (χ3v) is 4.36. The van der Waals surface area contributed by atoms with Crippen LogP contribution >= 0.6 is 0 Å². The van der Waals surface area contributed by atoms with Gasteiger partial charge in [0.25, 0.3) is 0 Å². The third-order valence-electron chi connectivity index (χ3n) is 4.36. The highest BCUT2D eigenvalue weighted by atomic mass is 16.2. The second kappa shape index (κ2) is 6.48. The lowest BCUT2D eigenvalue weighted by molar-refractivity contribution is -0.132. The van der Waals surface area contributed by atoms with Crippen molar-refractivity contribution in [2.75, 3.05) is 6.54 Å². The molecule has 0 aliphatic carbocycles. The Morgan fingerprint density at radius 1 is 1.35 bits per heavy atom. The van der Waals surface area contributed by atoms with Crippen LogP contribution < -0.4 is 0 Å². The summed E-state index contributed by atoms with van der Waals surface area (Å²) in [6.07, 6.45) is 4.87. The van der Waals surface area contributed by atoms with E-state index < -0.39 is 0 Å². The molecule has 0 radical (unpaired) electrons. The second-order valence-corrected chi connectivity index (χ2v) is 6.01. The topological polar surface area (TPSA) is 63.9 Å². The van der Waals surface area contributed by atoms with Crippen LogP contribution in [0.3, 0.4) is 0 Å². The van der Waals surface area contributed by atoms with Gasteiger partial charge in [0, 0.05) is 31.9 Å². The summed E-state index contributed by atoms with van der Waals surface area (Å²) in [6.45, 7) is 7.25. The molecule has 2 aromatic rings. The van der Waals surface area contributed by atoms with Gasteiger partial charge in [-0.05, 0) is 45.2 Å². The number of rotatable bonds is 3. The predicted octanol–water partition coefficient (Wildman–Crippen LogP) is 2.74. The lowest BCUT2D eigenvalue weighted by atomic mass is 10.0. The van der Waals surface area contributed by atoms with E-state index in [1.54, 1.807) is 13.1 Å². The molecule has 3 rings (SSSR count). The molecule has 3 heterocycles. The van der Waals surface area contributed by atoms with Gasteiger partial charge in [0.1, 0.15) is 0 Å². The minimum Gasteiger partial charge on any atom is -0.333 e. The molecule has 122 valence electrons. The van der Waals surface area contributed by atoms with Gasteiger partial charge in [-0.2, -0.15) is 5.10 Å². The van der Waals surface area contributed by atoms with Crippen LogP contribution in [0.5, 0.6) is 0 Å². The summed E-state index contributed by atoms with van der Waals surface area (Å²) in [5.74, 6) is 0.846. The molecule has 0 saturated carbocycles. The van der Waals surface area contributed by atoms with Gasteiger partial charge in [0.2, 0.25) is 5.91 Å². The SMILES string of the molecule is CCn1nccc1-c1cc(C)nc([C@H]2CCCCN2C(C)=O)n1. The first-order valence-electron chi connectivity index (χ1n) is 8.25. The lowest BCUT2D eigenvalue weighted by Gasteiger charge is -2.34. The minimum absolute atomic E-state index is 0.0158. The molecule has 0 bridgehead atoms. The van der Waals surface area contributed by atoms with E-state index in [0.717, 1.165) is 55.3 Å². The highest BCUT2D eigenvalue weighted by Crippen LogP contribution is 2.30. The first-order chi connectivity index (χ1) is 11.1. The van der Waals surface area contributed by atoms with E-state index in [2.05, 4.69) is 17.0 Å². The quantitative estimate of drug-likeness (QED) is 0.874. The molecule has 6 nitrogen and oxygen atoms in total. The summed E-state index contributed by atoms with van der Waals surface area (Å²) in [7, 11) is 0. The number of aromatic nitrogens is 4. The van der Waals surface area contributed by atoms with E-state index in [0.29, 0.717) is 0 Å². The van der Waals surface area contributed by atoms with E-state index in [4.69, 9.17) is 4.98 Å². The molecule has 23 heavy (non-hydrogen) atoms.